The molecule has 1 aliphatic heterocycles. The lowest BCUT2D eigenvalue weighted by Gasteiger charge is -2.34. The maximum atomic E-state index is 12.8. The third kappa shape index (κ3) is 3.96. The van der Waals surface area contributed by atoms with Crippen molar-refractivity contribution in [2.45, 2.75) is 25.4 Å². The number of hydrogen-bond acceptors (Lipinski definition) is 5. The van der Waals surface area contributed by atoms with Crippen molar-refractivity contribution in [3.05, 3.63) is 54.4 Å². The van der Waals surface area contributed by atoms with Gasteiger partial charge in [-0.05, 0) is 36.6 Å². The topological polar surface area (TPSA) is 68.7 Å². The molecule has 0 bridgehead atoms. The summed E-state index contributed by atoms with van der Waals surface area (Å²) in [6.45, 7) is 0.547. The Morgan fingerprint density at radius 1 is 1.28 bits per heavy atom. The van der Waals surface area contributed by atoms with Gasteiger partial charge in [0.25, 0.3) is 5.91 Å². The predicted molar refractivity (Wildman–Crippen MR) is 92.4 cm³/mol. The Kier molecular flexibility index (Phi) is 5.28. The van der Waals surface area contributed by atoms with Crippen molar-refractivity contribution < 1.29 is 19.1 Å². The van der Waals surface area contributed by atoms with E-state index in [4.69, 9.17) is 4.74 Å². The van der Waals surface area contributed by atoms with E-state index in [1.165, 1.54) is 7.11 Å². The Bertz CT molecular complexity index is 748. The van der Waals surface area contributed by atoms with E-state index < -0.39 is 12.1 Å². The molecule has 2 heterocycles. The molecule has 0 radical (unpaired) electrons. The van der Waals surface area contributed by atoms with Crippen LogP contribution in [-0.2, 0) is 20.7 Å². The second kappa shape index (κ2) is 7.79. The summed E-state index contributed by atoms with van der Waals surface area (Å²) in [6.07, 6.45) is 4.24. The van der Waals surface area contributed by atoms with Crippen molar-refractivity contribution >= 4 is 17.6 Å². The summed E-state index contributed by atoms with van der Waals surface area (Å²) in [6, 6.07) is 11.3. The number of esters is 1. The molecule has 6 heteroatoms. The van der Waals surface area contributed by atoms with Gasteiger partial charge in [-0.3, -0.25) is 14.6 Å². The van der Waals surface area contributed by atoms with E-state index in [0.717, 1.165) is 24.1 Å². The molecule has 0 N–H and O–H groups in total. The molecule has 0 aliphatic carbocycles. The number of fused-ring (bicyclic) bond motifs is 1. The fourth-order valence-electron chi connectivity index (χ4n) is 2.86. The zero-order chi connectivity index (χ0) is 17.6. The van der Waals surface area contributed by atoms with Crippen LogP contribution in [0.25, 0.3) is 0 Å². The van der Waals surface area contributed by atoms with Gasteiger partial charge in [0.2, 0.25) is 0 Å². The van der Waals surface area contributed by atoms with Gasteiger partial charge in [-0.25, -0.2) is 0 Å². The second-order valence-electron chi connectivity index (χ2n) is 5.81. The van der Waals surface area contributed by atoms with E-state index in [-0.39, 0.29) is 12.3 Å². The van der Waals surface area contributed by atoms with Gasteiger partial charge in [0.15, 0.2) is 6.10 Å². The van der Waals surface area contributed by atoms with Crippen molar-refractivity contribution in [2.75, 3.05) is 18.6 Å². The van der Waals surface area contributed by atoms with Gasteiger partial charge in [0.05, 0.1) is 19.2 Å². The molecule has 1 amide bonds. The molecule has 0 fully saturated rings. The molecule has 0 unspecified atom stereocenters. The van der Waals surface area contributed by atoms with E-state index in [1.807, 2.05) is 36.5 Å². The number of carbonyl (C=O) groups is 2. The number of aryl methyl sites for hydroxylation is 1. The number of carbonyl (C=O) groups excluding carboxylic acids is 2. The van der Waals surface area contributed by atoms with Crippen LogP contribution in [0.5, 0.6) is 5.75 Å². The van der Waals surface area contributed by atoms with Crippen LogP contribution in [0.15, 0.2) is 48.8 Å². The molecule has 2 aromatic rings. The van der Waals surface area contributed by atoms with Gasteiger partial charge >= 0.3 is 5.97 Å². The fraction of sp³-hybridized carbons (Fsp3) is 0.316. The third-order valence-electron chi connectivity index (χ3n) is 4.12. The maximum absolute atomic E-state index is 12.8. The third-order valence-corrected chi connectivity index (χ3v) is 4.12. The van der Waals surface area contributed by atoms with Crippen LogP contribution in [0.3, 0.4) is 0 Å². The van der Waals surface area contributed by atoms with E-state index in [1.54, 1.807) is 17.2 Å². The van der Waals surface area contributed by atoms with Crippen molar-refractivity contribution in [3.8, 4) is 5.75 Å². The highest BCUT2D eigenvalue weighted by Crippen LogP contribution is 2.34. The number of rotatable bonds is 6. The molecule has 6 nitrogen and oxygen atoms in total. The van der Waals surface area contributed by atoms with E-state index in [0.29, 0.717) is 12.3 Å². The van der Waals surface area contributed by atoms with Crippen LogP contribution < -0.4 is 9.64 Å². The summed E-state index contributed by atoms with van der Waals surface area (Å²) in [5.74, 6) is -0.0688. The average Bonchev–Trinajstić information content (AvgIpc) is 2.65. The minimum Gasteiger partial charge on any atom is -0.478 e. The quantitative estimate of drug-likeness (QED) is 0.755. The lowest BCUT2D eigenvalue weighted by Crippen LogP contribution is -2.47. The molecule has 0 spiro atoms. The van der Waals surface area contributed by atoms with Crippen LogP contribution >= 0.6 is 0 Å². The van der Waals surface area contributed by atoms with Gasteiger partial charge in [-0.1, -0.05) is 18.2 Å². The summed E-state index contributed by atoms with van der Waals surface area (Å²) in [5.41, 5.74) is 1.86. The molecule has 25 heavy (non-hydrogen) atoms. The molecular weight excluding hydrogens is 320 g/mol. The van der Waals surface area contributed by atoms with Crippen molar-refractivity contribution in [1.29, 1.82) is 0 Å². The number of benzene rings is 1. The van der Waals surface area contributed by atoms with Gasteiger partial charge in [0.1, 0.15) is 5.75 Å². The Balaban J connectivity index is 1.73. The number of aromatic nitrogens is 1. The molecule has 1 aromatic heterocycles. The Morgan fingerprint density at radius 3 is 2.88 bits per heavy atom. The highest BCUT2D eigenvalue weighted by Gasteiger charge is 2.35. The number of hydrogen-bond donors (Lipinski definition) is 0. The summed E-state index contributed by atoms with van der Waals surface area (Å²) in [7, 11) is 1.30. The molecule has 1 aliphatic rings. The maximum Gasteiger partial charge on any atom is 0.309 e. The molecule has 0 saturated carbocycles. The minimum absolute atomic E-state index is 0.0945. The zero-order valence-corrected chi connectivity index (χ0v) is 14.1. The molecule has 1 aromatic carbocycles. The number of ether oxygens (including phenoxy) is 2. The SMILES string of the molecule is COC(=O)C[C@H]1Oc2ccccc2N(CCCc2cccnc2)C1=O. The first-order valence-corrected chi connectivity index (χ1v) is 8.22. The molecule has 3 rings (SSSR count). The van der Waals surface area contributed by atoms with Crippen LogP contribution in [0.1, 0.15) is 18.4 Å². The lowest BCUT2D eigenvalue weighted by atomic mass is 10.1. The smallest absolute Gasteiger partial charge is 0.309 e. The average molecular weight is 340 g/mol. The highest BCUT2D eigenvalue weighted by molar-refractivity contribution is 6.01. The first-order chi connectivity index (χ1) is 12.2. The minimum atomic E-state index is -0.847. The van der Waals surface area contributed by atoms with Crippen molar-refractivity contribution in [3.63, 3.8) is 0 Å². The summed E-state index contributed by atoms with van der Waals surface area (Å²) in [5, 5.41) is 0. The first kappa shape index (κ1) is 17.0. The number of amides is 1. The molecule has 0 saturated heterocycles. The number of nitrogens with zero attached hydrogens (tertiary/aromatic N) is 2. The number of methoxy groups -OCH3 is 1. The first-order valence-electron chi connectivity index (χ1n) is 8.22. The molecule has 1 atom stereocenters. The van der Waals surface area contributed by atoms with Crippen LogP contribution in [0.2, 0.25) is 0 Å². The summed E-state index contributed by atoms with van der Waals surface area (Å²) >= 11 is 0. The second-order valence-corrected chi connectivity index (χ2v) is 5.81. The van der Waals surface area contributed by atoms with Gasteiger partial charge < -0.3 is 14.4 Å². The van der Waals surface area contributed by atoms with E-state index in [9.17, 15) is 9.59 Å². The number of pyridine rings is 1. The van der Waals surface area contributed by atoms with Crippen molar-refractivity contribution in [1.82, 2.24) is 4.98 Å². The predicted octanol–water partition coefficient (Wildman–Crippen LogP) is 2.37. The normalized spacial score (nSPS) is 16.1. The van der Waals surface area contributed by atoms with Crippen LogP contribution in [0, 0.1) is 0 Å². The fourth-order valence-corrected chi connectivity index (χ4v) is 2.86. The van der Waals surface area contributed by atoms with E-state index in [2.05, 4.69) is 9.72 Å². The number of para-hydroxylation sites is 2. The number of anilines is 1. The molecular formula is C19H20N2O4. The molecule has 130 valence electrons. The van der Waals surface area contributed by atoms with Crippen LogP contribution in [0.4, 0.5) is 5.69 Å². The van der Waals surface area contributed by atoms with Gasteiger partial charge in [-0.2, -0.15) is 0 Å². The zero-order valence-electron chi connectivity index (χ0n) is 14.1. The Hall–Kier alpha value is -2.89. The summed E-state index contributed by atoms with van der Waals surface area (Å²) < 4.78 is 10.4. The van der Waals surface area contributed by atoms with E-state index >= 15 is 0 Å². The van der Waals surface area contributed by atoms with Crippen LogP contribution in [-0.4, -0.2) is 36.6 Å². The standard InChI is InChI=1S/C19H20N2O4/c1-24-18(22)12-17-19(23)21(15-8-2-3-9-16(15)25-17)11-5-7-14-6-4-10-20-13-14/h2-4,6,8-10,13,17H,5,7,11-12H2,1H3/t17-/m1/s1. The van der Waals surface area contributed by atoms with Crippen molar-refractivity contribution in [2.24, 2.45) is 0 Å². The highest BCUT2D eigenvalue weighted by atomic mass is 16.5. The lowest BCUT2D eigenvalue weighted by molar-refractivity contribution is -0.145. The summed E-state index contributed by atoms with van der Waals surface area (Å²) in [4.78, 5) is 30.1. The van der Waals surface area contributed by atoms with Gasteiger partial charge in [-0.15, -0.1) is 0 Å². The monoisotopic (exact) mass is 340 g/mol. The largest absolute Gasteiger partial charge is 0.478 e. The Morgan fingerprint density at radius 2 is 2.12 bits per heavy atom. The van der Waals surface area contributed by atoms with Gasteiger partial charge in [0, 0.05) is 18.9 Å². The Labute approximate surface area is 146 Å².